The molecular weight excluding hydrogens is 329 g/mol. The molecule has 24 heavy (non-hydrogen) atoms. The summed E-state index contributed by atoms with van der Waals surface area (Å²) in [6.07, 6.45) is 5.08. The Morgan fingerprint density at radius 3 is 2.71 bits per heavy atom. The molecule has 1 aliphatic heterocycles. The molecule has 1 amide bonds. The minimum atomic E-state index is -0.267. The standard InChI is InChI=1S/C18H19ClFN3O/c1-12-15(18(19)22(2)21-12)9-10-17(24)23-11-3-4-16(23)13-5-7-14(20)8-6-13/h5-10,16H,3-4,11H2,1-2H3/b10-9+. The number of carbonyl (C=O) groups excluding carboxylic acids is 1. The molecule has 1 unspecified atom stereocenters. The molecule has 1 fully saturated rings. The van der Waals surface area contributed by atoms with Crippen LogP contribution in [-0.4, -0.2) is 27.1 Å². The number of amides is 1. The summed E-state index contributed by atoms with van der Waals surface area (Å²) in [6.45, 7) is 2.55. The van der Waals surface area contributed by atoms with Gasteiger partial charge in [-0.15, -0.1) is 0 Å². The van der Waals surface area contributed by atoms with E-state index in [0.29, 0.717) is 11.7 Å². The Labute approximate surface area is 145 Å². The Balaban J connectivity index is 1.78. The number of hydrogen-bond acceptors (Lipinski definition) is 2. The quantitative estimate of drug-likeness (QED) is 0.790. The molecule has 2 heterocycles. The Kier molecular flexibility index (Phi) is 4.71. The number of halogens is 2. The van der Waals surface area contributed by atoms with Crippen LogP contribution in [0.1, 0.15) is 35.7 Å². The molecule has 2 aromatic rings. The number of aromatic nitrogens is 2. The number of hydrogen-bond donors (Lipinski definition) is 0. The summed E-state index contributed by atoms with van der Waals surface area (Å²) in [5.41, 5.74) is 2.50. The van der Waals surface area contributed by atoms with Crippen LogP contribution in [-0.2, 0) is 11.8 Å². The second-order valence-corrected chi connectivity index (χ2v) is 6.35. The van der Waals surface area contributed by atoms with E-state index in [4.69, 9.17) is 11.6 Å². The smallest absolute Gasteiger partial charge is 0.247 e. The zero-order chi connectivity index (χ0) is 17.3. The van der Waals surface area contributed by atoms with Crippen molar-refractivity contribution >= 4 is 23.6 Å². The van der Waals surface area contributed by atoms with Gasteiger partial charge in [-0.1, -0.05) is 23.7 Å². The first-order valence-electron chi connectivity index (χ1n) is 7.90. The highest BCUT2D eigenvalue weighted by Crippen LogP contribution is 2.32. The summed E-state index contributed by atoms with van der Waals surface area (Å²) < 4.78 is 14.7. The Morgan fingerprint density at radius 2 is 2.08 bits per heavy atom. The molecule has 6 heteroatoms. The normalized spacial score (nSPS) is 17.8. The van der Waals surface area contributed by atoms with Crippen LogP contribution in [0.5, 0.6) is 0 Å². The third kappa shape index (κ3) is 3.22. The first-order chi connectivity index (χ1) is 11.5. The van der Waals surface area contributed by atoms with Gasteiger partial charge in [-0.2, -0.15) is 5.10 Å². The maximum atomic E-state index is 13.1. The van der Waals surface area contributed by atoms with Crippen LogP contribution in [0.4, 0.5) is 4.39 Å². The fourth-order valence-electron chi connectivity index (χ4n) is 3.15. The van der Waals surface area contributed by atoms with Crippen LogP contribution >= 0.6 is 11.6 Å². The first kappa shape index (κ1) is 16.7. The van der Waals surface area contributed by atoms with E-state index < -0.39 is 0 Å². The molecule has 4 nitrogen and oxygen atoms in total. The van der Waals surface area contributed by atoms with E-state index >= 15 is 0 Å². The van der Waals surface area contributed by atoms with Crippen molar-refractivity contribution in [1.29, 1.82) is 0 Å². The first-order valence-corrected chi connectivity index (χ1v) is 8.28. The van der Waals surface area contributed by atoms with E-state index in [1.807, 2.05) is 11.8 Å². The van der Waals surface area contributed by atoms with E-state index in [0.717, 1.165) is 29.7 Å². The summed E-state index contributed by atoms with van der Waals surface area (Å²) in [6, 6.07) is 6.36. The fraction of sp³-hybridized carbons (Fsp3) is 0.333. The maximum absolute atomic E-state index is 13.1. The second-order valence-electron chi connectivity index (χ2n) is 5.99. The highest BCUT2D eigenvalue weighted by molar-refractivity contribution is 6.31. The van der Waals surface area contributed by atoms with Crippen LogP contribution in [0, 0.1) is 12.7 Å². The number of likely N-dealkylation sites (tertiary alicyclic amines) is 1. The average molecular weight is 348 g/mol. The van der Waals surface area contributed by atoms with Gasteiger partial charge in [0, 0.05) is 25.2 Å². The third-order valence-electron chi connectivity index (χ3n) is 4.38. The summed E-state index contributed by atoms with van der Waals surface area (Å²) in [5, 5.41) is 4.74. The van der Waals surface area contributed by atoms with Crippen molar-refractivity contribution in [1.82, 2.24) is 14.7 Å². The molecule has 0 aliphatic carbocycles. The van der Waals surface area contributed by atoms with Gasteiger partial charge in [0.25, 0.3) is 0 Å². The van der Waals surface area contributed by atoms with Crippen molar-refractivity contribution in [2.24, 2.45) is 7.05 Å². The van der Waals surface area contributed by atoms with E-state index in [2.05, 4.69) is 5.10 Å². The van der Waals surface area contributed by atoms with Gasteiger partial charge in [-0.25, -0.2) is 4.39 Å². The molecule has 1 saturated heterocycles. The summed E-state index contributed by atoms with van der Waals surface area (Å²) in [5.74, 6) is -0.336. The molecule has 1 aliphatic rings. The zero-order valence-corrected chi connectivity index (χ0v) is 14.4. The predicted molar refractivity (Wildman–Crippen MR) is 92.1 cm³/mol. The van der Waals surface area contributed by atoms with Crippen molar-refractivity contribution in [3.63, 3.8) is 0 Å². The van der Waals surface area contributed by atoms with E-state index in [-0.39, 0.29) is 17.8 Å². The summed E-state index contributed by atoms with van der Waals surface area (Å²) >= 11 is 6.19. The minimum absolute atomic E-state index is 0.00628. The van der Waals surface area contributed by atoms with Crippen LogP contribution in [0.25, 0.3) is 6.08 Å². The van der Waals surface area contributed by atoms with Gasteiger partial charge >= 0.3 is 0 Å². The van der Waals surface area contributed by atoms with Gasteiger partial charge in [0.15, 0.2) is 0 Å². The van der Waals surface area contributed by atoms with Crippen LogP contribution < -0.4 is 0 Å². The second kappa shape index (κ2) is 6.77. The molecule has 1 aromatic heterocycles. The maximum Gasteiger partial charge on any atom is 0.247 e. The lowest BCUT2D eigenvalue weighted by molar-refractivity contribution is -0.126. The molecule has 0 N–H and O–H groups in total. The molecule has 3 rings (SSSR count). The predicted octanol–water partition coefficient (Wildman–Crippen LogP) is 3.90. The number of aryl methyl sites for hydroxylation is 2. The minimum Gasteiger partial charge on any atom is -0.332 e. The Bertz CT molecular complexity index is 782. The SMILES string of the molecule is Cc1nn(C)c(Cl)c1/C=C/C(=O)N1CCCC1c1ccc(F)cc1. The lowest BCUT2D eigenvalue weighted by atomic mass is 10.0. The van der Waals surface area contributed by atoms with E-state index in [9.17, 15) is 9.18 Å². The lowest BCUT2D eigenvalue weighted by Gasteiger charge is -2.23. The number of rotatable bonds is 3. The van der Waals surface area contributed by atoms with Gasteiger partial charge in [-0.3, -0.25) is 9.48 Å². The van der Waals surface area contributed by atoms with Gasteiger partial charge < -0.3 is 4.90 Å². The highest BCUT2D eigenvalue weighted by Gasteiger charge is 2.28. The molecular formula is C18H19ClFN3O. The number of carbonyl (C=O) groups is 1. The van der Waals surface area contributed by atoms with Gasteiger partial charge in [0.1, 0.15) is 11.0 Å². The van der Waals surface area contributed by atoms with E-state index in [1.165, 1.54) is 18.2 Å². The molecule has 0 bridgehead atoms. The molecule has 0 spiro atoms. The third-order valence-corrected chi connectivity index (χ3v) is 4.83. The number of nitrogens with zero attached hydrogens (tertiary/aromatic N) is 3. The lowest BCUT2D eigenvalue weighted by Crippen LogP contribution is -2.28. The van der Waals surface area contributed by atoms with Crippen molar-refractivity contribution in [2.45, 2.75) is 25.8 Å². The molecule has 0 saturated carbocycles. The monoisotopic (exact) mass is 347 g/mol. The molecule has 1 atom stereocenters. The van der Waals surface area contributed by atoms with Crippen molar-refractivity contribution < 1.29 is 9.18 Å². The van der Waals surface area contributed by atoms with Gasteiger partial charge in [0.2, 0.25) is 5.91 Å². The molecule has 0 radical (unpaired) electrons. The number of benzene rings is 1. The zero-order valence-electron chi connectivity index (χ0n) is 13.7. The highest BCUT2D eigenvalue weighted by atomic mass is 35.5. The topological polar surface area (TPSA) is 38.1 Å². The van der Waals surface area contributed by atoms with E-state index in [1.54, 1.807) is 29.9 Å². The van der Waals surface area contributed by atoms with Crippen LogP contribution in [0.15, 0.2) is 30.3 Å². The molecule has 126 valence electrons. The fourth-order valence-corrected chi connectivity index (χ4v) is 3.39. The Hall–Kier alpha value is -2.14. The van der Waals surface area contributed by atoms with Crippen LogP contribution in [0.3, 0.4) is 0 Å². The van der Waals surface area contributed by atoms with Gasteiger partial charge in [0.05, 0.1) is 11.7 Å². The average Bonchev–Trinajstić information content (AvgIpc) is 3.13. The largest absolute Gasteiger partial charge is 0.332 e. The Morgan fingerprint density at radius 1 is 1.38 bits per heavy atom. The summed E-state index contributed by atoms with van der Waals surface area (Å²) in [7, 11) is 1.76. The van der Waals surface area contributed by atoms with Crippen molar-refractivity contribution in [2.75, 3.05) is 6.54 Å². The van der Waals surface area contributed by atoms with Crippen molar-refractivity contribution in [3.8, 4) is 0 Å². The van der Waals surface area contributed by atoms with Gasteiger partial charge in [-0.05, 0) is 43.5 Å². The van der Waals surface area contributed by atoms with Crippen molar-refractivity contribution in [3.05, 3.63) is 58.1 Å². The summed E-state index contributed by atoms with van der Waals surface area (Å²) in [4.78, 5) is 14.4. The van der Waals surface area contributed by atoms with Crippen LogP contribution in [0.2, 0.25) is 5.15 Å². The molecule has 1 aromatic carbocycles.